The second kappa shape index (κ2) is 7.91. The number of carbonyl (C=O) groups is 1. The summed E-state index contributed by atoms with van der Waals surface area (Å²) in [7, 11) is 0. The van der Waals surface area contributed by atoms with Crippen LogP contribution in [0.25, 0.3) is 0 Å². The van der Waals surface area contributed by atoms with E-state index in [2.05, 4.69) is 16.3 Å². The lowest BCUT2D eigenvalue weighted by molar-refractivity contribution is -0.117. The molecule has 2 aromatic carbocycles. The van der Waals surface area contributed by atoms with Gasteiger partial charge in [-0.25, -0.2) is 4.39 Å². The minimum atomic E-state index is -0.222. The average Bonchev–Trinajstić information content (AvgIpc) is 3.02. The summed E-state index contributed by atoms with van der Waals surface area (Å²) in [5.41, 5.74) is 2.21. The summed E-state index contributed by atoms with van der Waals surface area (Å²) in [6, 6.07) is 15.8. The number of anilines is 1. The van der Waals surface area contributed by atoms with Crippen molar-refractivity contribution in [2.75, 3.05) is 18.4 Å². The van der Waals surface area contributed by atoms with Crippen molar-refractivity contribution < 1.29 is 9.18 Å². The van der Waals surface area contributed by atoms with Gasteiger partial charge in [0.05, 0.1) is 18.2 Å². The summed E-state index contributed by atoms with van der Waals surface area (Å²) < 4.78 is 13.3. The number of nitrogens with one attached hydrogen (secondary N) is 1. The van der Waals surface area contributed by atoms with E-state index >= 15 is 0 Å². The Kier molecular flexibility index (Phi) is 5.42. The Hall–Kier alpha value is -2.71. The van der Waals surface area contributed by atoms with E-state index < -0.39 is 0 Å². The zero-order valence-corrected chi connectivity index (χ0v) is 13.9. The van der Waals surface area contributed by atoms with E-state index in [9.17, 15) is 9.18 Å². The Morgan fingerprint density at radius 3 is 2.80 bits per heavy atom. The highest BCUT2D eigenvalue weighted by molar-refractivity contribution is 5.92. The molecule has 0 radical (unpaired) electrons. The van der Waals surface area contributed by atoms with Crippen molar-refractivity contribution >= 4 is 11.6 Å². The highest BCUT2D eigenvalue weighted by atomic mass is 19.1. The van der Waals surface area contributed by atoms with Crippen LogP contribution >= 0.6 is 0 Å². The van der Waals surface area contributed by atoms with Crippen LogP contribution in [0.1, 0.15) is 24.0 Å². The molecule has 1 N–H and O–H groups in total. The average molecular weight is 337 g/mol. The molecule has 128 valence electrons. The largest absolute Gasteiger partial charge is 0.325 e. The fourth-order valence-electron chi connectivity index (χ4n) is 3.28. The predicted octanol–water partition coefficient (Wildman–Crippen LogP) is 3.34. The molecule has 5 heteroatoms. The van der Waals surface area contributed by atoms with Gasteiger partial charge in [0.15, 0.2) is 0 Å². The first-order valence-corrected chi connectivity index (χ1v) is 8.42. The molecule has 1 aliphatic heterocycles. The molecule has 1 amide bonds. The van der Waals surface area contributed by atoms with Gasteiger partial charge in [0, 0.05) is 11.7 Å². The minimum Gasteiger partial charge on any atom is -0.325 e. The van der Waals surface area contributed by atoms with E-state index in [0.717, 1.165) is 31.4 Å². The summed E-state index contributed by atoms with van der Waals surface area (Å²) in [6.45, 7) is 1.20. The SMILES string of the molecule is N#Cc1ccc(NC(=O)CN2CCCC2Cc2cccc(F)c2)cc1. The molecule has 1 aliphatic rings. The molecule has 2 aromatic rings. The number of likely N-dealkylation sites (tertiary alicyclic amines) is 1. The number of amides is 1. The number of benzene rings is 2. The summed E-state index contributed by atoms with van der Waals surface area (Å²) >= 11 is 0. The molecule has 0 aliphatic carbocycles. The van der Waals surface area contributed by atoms with Crippen molar-refractivity contribution in [2.45, 2.75) is 25.3 Å². The maximum absolute atomic E-state index is 13.3. The van der Waals surface area contributed by atoms with Crippen molar-refractivity contribution in [1.29, 1.82) is 5.26 Å². The monoisotopic (exact) mass is 337 g/mol. The Bertz CT molecular complexity index is 782. The van der Waals surface area contributed by atoms with Gasteiger partial charge in [-0.05, 0) is 67.8 Å². The zero-order valence-electron chi connectivity index (χ0n) is 13.9. The van der Waals surface area contributed by atoms with Crippen molar-refractivity contribution in [3.05, 3.63) is 65.5 Å². The lowest BCUT2D eigenvalue weighted by Gasteiger charge is -2.24. The van der Waals surface area contributed by atoms with E-state index in [-0.39, 0.29) is 17.8 Å². The molecule has 1 heterocycles. The molecular weight excluding hydrogens is 317 g/mol. The molecule has 0 aromatic heterocycles. The van der Waals surface area contributed by atoms with Gasteiger partial charge in [0.2, 0.25) is 5.91 Å². The number of halogens is 1. The Labute approximate surface area is 146 Å². The number of rotatable bonds is 5. The number of hydrogen-bond acceptors (Lipinski definition) is 3. The number of carbonyl (C=O) groups excluding carboxylic acids is 1. The molecule has 4 nitrogen and oxygen atoms in total. The topological polar surface area (TPSA) is 56.1 Å². The smallest absolute Gasteiger partial charge is 0.238 e. The maximum atomic E-state index is 13.3. The van der Waals surface area contributed by atoms with Crippen LogP contribution in [0, 0.1) is 17.1 Å². The van der Waals surface area contributed by atoms with Gasteiger partial charge in [-0.3, -0.25) is 9.69 Å². The van der Waals surface area contributed by atoms with Gasteiger partial charge < -0.3 is 5.32 Å². The third kappa shape index (κ3) is 4.65. The van der Waals surface area contributed by atoms with Gasteiger partial charge in [-0.1, -0.05) is 12.1 Å². The van der Waals surface area contributed by atoms with E-state index in [1.54, 1.807) is 36.4 Å². The van der Waals surface area contributed by atoms with Crippen LogP contribution in [-0.4, -0.2) is 29.9 Å². The molecule has 1 fully saturated rings. The van der Waals surface area contributed by atoms with Gasteiger partial charge >= 0.3 is 0 Å². The van der Waals surface area contributed by atoms with E-state index in [0.29, 0.717) is 17.8 Å². The molecule has 1 unspecified atom stereocenters. The molecule has 1 atom stereocenters. The summed E-state index contributed by atoms with van der Waals surface area (Å²) in [5.74, 6) is -0.295. The summed E-state index contributed by atoms with van der Waals surface area (Å²) in [5, 5.41) is 11.7. The molecule has 0 spiro atoms. The minimum absolute atomic E-state index is 0.0733. The zero-order chi connectivity index (χ0) is 17.6. The highest BCUT2D eigenvalue weighted by Gasteiger charge is 2.26. The van der Waals surface area contributed by atoms with Crippen molar-refractivity contribution in [3.8, 4) is 6.07 Å². The molecule has 0 bridgehead atoms. The third-order valence-corrected chi connectivity index (χ3v) is 4.50. The summed E-state index contributed by atoms with van der Waals surface area (Å²) in [6.07, 6.45) is 2.81. The van der Waals surface area contributed by atoms with E-state index in [1.807, 2.05) is 6.07 Å². The molecule has 1 saturated heterocycles. The fraction of sp³-hybridized carbons (Fsp3) is 0.300. The van der Waals surface area contributed by atoms with Gasteiger partial charge in [-0.2, -0.15) is 5.26 Å². The first-order valence-electron chi connectivity index (χ1n) is 8.42. The Morgan fingerprint density at radius 2 is 2.08 bits per heavy atom. The normalized spacial score (nSPS) is 17.2. The second-order valence-corrected chi connectivity index (χ2v) is 6.34. The maximum Gasteiger partial charge on any atom is 0.238 e. The van der Waals surface area contributed by atoms with Crippen LogP contribution in [0.3, 0.4) is 0 Å². The molecule has 0 saturated carbocycles. The lowest BCUT2D eigenvalue weighted by Crippen LogP contribution is -2.37. The molecular formula is C20H20FN3O. The van der Waals surface area contributed by atoms with Crippen LogP contribution in [0.15, 0.2) is 48.5 Å². The fourth-order valence-corrected chi connectivity index (χ4v) is 3.28. The van der Waals surface area contributed by atoms with Crippen molar-refractivity contribution in [3.63, 3.8) is 0 Å². The standard InChI is InChI=1S/C20H20FN3O/c21-17-4-1-3-16(11-17)12-19-5-2-10-24(19)14-20(25)23-18-8-6-15(13-22)7-9-18/h1,3-4,6-9,11,19H,2,5,10,12,14H2,(H,23,25). The first-order chi connectivity index (χ1) is 12.1. The molecule has 25 heavy (non-hydrogen) atoms. The van der Waals surface area contributed by atoms with Crippen molar-refractivity contribution in [2.24, 2.45) is 0 Å². The van der Waals surface area contributed by atoms with Crippen LogP contribution in [0.4, 0.5) is 10.1 Å². The third-order valence-electron chi connectivity index (χ3n) is 4.50. The van der Waals surface area contributed by atoms with Gasteiger partial charge in [0.1, 0.15) is 5.82 Å². The van der Waals surface area contributed by atoms with Crippen LogP contribution in [-0.2, 0) is 11.2 Å². The van der Waals surface area contributed by atoms with Gasteiger partial charge in [-0.15, -0.1) is 0 Å². The van der Waals surface area contributed by atoms with Crippen LogP contribution in [0.2, 0.25) is 0 Å². The second-order valence-electron chi connectivity index (χ2n) is 6.34. The predicted molar refractivity (Wildman–Crippen MR) is 94.5 cm³/mol. The Morgan fingerprint density at radius 1 is 1.28 bits per heavy atom. The summed E-state index contributed by atoms with van der Waals surface area (Å²) in [4.78, 5) is 14.5. The van der Waals surface area contributed by atoms with Crippen molar-refractivity contribution in [1.82, 2.24) is 4.90 Å². The quantitative estimate of drug-likeness (QED) is 0.910. The lowest BCUT2D eigenvalue weighted by atomic mass is 10.0. The van der Waals surface area contributed by atoms with Crippen LogP contribution < -0.4 is 5.32 Å². The van der Waals surface area contributed by atoms with E-state index in [4.69, 9.17) is 5.26 Å². The highest BCUT2D eigenvalue weighted by Crippen LogP contribution is 2.21. The number of hydrogen-bond donors (Lipinski definition) is 1. The molecule has 3 rings (SSSR count). The van der Waals surface area contributed by atoms with Crippen LogP contribution in [0.5, 0.6) is 0 Å². The van der Waals surface area contributed by atoms with Gasteiger partial charge in [0.25, 0.3) is 0 Å². The first kappa shape index (κ1) is 17.1. The van der Waals surface area contributed by atoms with E-state index in [1.165, 1.54) is 6.07 Å². The number of nitrogens with zero attached hydrogens (tertiary/aromatic N) is 2. The Balaban J connectivity index is 1.57. The number of nitriles is 1.